The molecule has 2 aromatic rings. The molecule has 0 unspecified atom stereocenters. The first-order chi connectivity index (χ1) is 15.8. The molecule has 3 heterocycles. The summed E-state index contributed by atoms with van der Waals surface area (Å²) in [6.45, 7) is 5.30. The molecule has 0 saturated carbocycles. The van der Waals surface area contributed by atoms with E-state index in [1.807, 2.05) is 63.2 Å². The van der Waals surface area contributed by atoms with Gasteiger partial charge in [0.25, 0.3) is 5.91 Å². The summed E-state index contributed by atoms with van der Waals surface area (Å²) in [5, 5.41) is 2.86. The molecule has 8 nitrogen and oxygen atoms in total. The standard InChI is InChI=1S/C25H29N5O3/c1-25(2)19-14-27-22(28-23(31)20-12-8-9-13-26-20)18(19)15-30(25)24(32)33-21(16-29(3)4)17-10-6-5-7-11-17/h5-13,21H,14-16H2,1-4H3,(H,27,28,31)/t21-/m1/s1. The predicted octanol–water partition coefficient (Wildman–Crippen LogP) is 3.05. The van der Waals surface area contributed by atoms with Crippen molar-refractivity contribution in [2.75, 3.05) is 33.7 Å². The number of aromatic nitrogens is 1. The molecule has 2 amide bonds. The van der Waals surface area contributed by atoms with Crippen LogP contribution in [0.25, 0.3) is 0 Å². The summed E-state index contributed by atoms with van der Waals surface area (Å²) in [5.41, 5.74) is 2.57. The van der Waals surface area contributed by atoms with Crippen LogP contribution in [-0.2, 0) is 4.74 Å². The topological polar surface area (TPSA) is 87.1 Å². The lowest BCUT2D eigenvalue weighted by molar-refractivity contribution is 0.0383. The van der Waals surface area contributed by atoms with Crippen molar-refractivity contribution < 1.29 is 14.3 Å². The summed E-state index contributed by atoms with van der Waals surface area (Å²) in [4.78, 5) is 38.2. The van der Waals surface area contributed by atoms with Crippen molar-refractivity contribution in [1.82, 2.24) is 20.1 Å². The lowest BCUT2D eigenvalue weighted by atomic mass is 9.94. The highest BCUT2D eigenvalue weighted by Crippen LogP contribution is 2.38. The van der Waals surface area contributed by atoms with Crippen molar-refractivity contribution in [3.05, 3.63) is 77.1 Å². The molecule has 0 saturated heterocycles. The first kappa shape index (κ1) is 22.7. The number of pyridine rings is 1. The van der Waals surface area contributed by atoms with Gasteiger partial charge in [-0.15, -0.1) is 0 Å². The number of amides is 2. The average Bonchev–Trinajstić information content (AvgIpc) is 3.32. The Morgan fingerprint density at radius 2 is 1.88 bits per heavy atom. The Morgan fingerprint density at radius 3 is 2.55 bits per heavy atom. The molecule has 0 radical (unpaired) electrons. The molecule has 4 rings (SSSR count). The molecule has 1 atom stereocenters. The maximum absolute atomic E-state index is 13.3. The van der Waals surface area contributed by atoms with E-state index in [9.17, 15) is 9.59 Å². The Hall–Kier alpha value is -3.52. The highest BCUT2D eigenvalue weighted by atomic mass is 16.6. The molecule has 0 bridgehead atoms. The number of nitrogens with zero attached hydrogens (tertiary/aromatic N) is 4. The van der Waals surface area contributed by atoms with Crippen molar-refractivity contribution in [1.29, 1.82) is 0 Å². The van der Waals surface area contributed by atoms with Gasteiger partial charge in [-0.1, -0.05) is 36.4 Å². The van der Waals surface area contributed by atoms with Crippen LogP contribution in [0.3, 0.4) is 0 Å². The average molecular weight is 448 g/mol. The first-order valence-corrected chi connectivity index (χ1v) is 10.9. The van der Waals surface area contributed by atoms with Crippen LogP contribution >= 0.6 is 0 Å². The molecule has 1 aromatic heterocycles. The Kier molecular flexibility index (Phi) is 6.29. The molecule has 2 aliphatic rings. The van der Waals surface area contributed by atoms with Crippen LogP contribution in [0.15, 0.2) is 70.9 Å². The van der Waals surface area contributed by atoms with E-state index in [0.29, 0.717) is 31.2 Å². The minimum absolute atomic E-state index is 0.317. The van der Waals surface area contributed by atoms with E-state index >= 15 is 0 Å². The van der Waals surface area contributed by atoms with E-state index in [0.717, 1.165) is 16.7 Å². The van der Waals surface area contributed by atoms with Gasteiger partial charge in [0.15, 0.2) is 0 Å². The number of hydrogen-bond donors (Lipinski definition) is 1. The van der Waals surface area contributed by atoms with Crippen molar-refractivity contribution in [3.8, 4) is 0 Å². The van der Waals surface area contributed by atoms with E-state index < -0.39 is 11.6 Å². The lowest BCUT2D eigenvalue weighted by Gasteiger charge is -2.35. The Morgan fingerprint density at radius 1 is 1.15 bits per heavy atom. The Balaban J connectivity index is 1.49. The fourth-order valence-electron chi connectivity index (χ4n) is 4.22. The van der Waals surface area contributed by atoms with Crippen molar-refractivity contribution >= 4 is 17.8 Å². The summed E-state index contributed by atoms with van der Waals surface area (Å²) in [6.07, 6.45) is 0.793. The van der Waals surface area contributed by atoms with Gasteiger partial charge in [0.1, 0.15) is 17.6 Å². The van der Waals surface area contributed by atoms with Gasteiger partial charge in [0.05, 0.1) is 18.6 Å². The molecule has 172 valence electrons. The number of amidine groups is 1. The molecule has 0 fully saturated rings. The first-order valence-electron chi connectivity index (χ1n) is 10.9. The van der Waals surface area contributed by atoms with E-state index in [2.05, 4.69) is 15.3 Å². The maximum atomic E-state index is 13.3. The summed E-state index contributed by atoms with van der Waals surface area (Å²) in [7, 11) is 3.90. The van der Waals surface area contributed by atoms with Gasteiger partial charge in [-0.3, -0.25) is 19.7 Å². The van der Waals surface area contributed by atoms with Crippen molar-refractivity contribution in [2.24, 2.45) is 4.99 Å². The largest absolute Gasteiger partial charge is 0.440 e. The maximum Gasteiger partial charge on any atom is 0.411 e. The molecule has 1 N–H and O–H groups in total. The summed E-state index contributed by atoms with van der Waals surface area (Å²) < 4.78 is 6.00. The van der Waals surface area contributed by atoms with Crippen LogP contribution in [0.5, 0.6) is 0 Å². The highest BCUT2D eigenvalue weighted by Gasteiger charge is 2.46. The second-order valence-corrected chi connectivity index (χ2v) is 8.98. The summed E-state index contributed by atoms with van der Waals surface area (Å²) >= 11 is 0. The minimum Gasteiger partial charge on any atom is -0.440 e. The fourth-order valence-corrected chi connectivity index (χ4v) is 4.22. The van der Waals surface area contributed by atoms with Gasteiger partial charge < -0.3 is 15.0 Å². The molecule has 33 heavy (non-hydrogen) atoms. The van der Waals surface area contributed by atoms with Gasteiger partial charge in [-0.05, 0) is 51.2 Å². The van der Waals surface area contributed by atoms with Crippen LogP contribution in [0, 0.1) is 0 Å². The zero-order valence-corrected chi connectivity index (χ0v) is 19.4. The molecule has 0 spiro atoms. The molecule has 0 aliphatic carbocycles. The van der Waals surface area contributed by atoms with Crippen LogP contribution < -0.4 is 5.32 Å². The number of carbonyl (C=O) groups is 2. The Bertz CT molecular complexity index is 1090. The number of benzene rings is 1. The van der Waals surface area contributed by atoms with E-state index in [-0.39, 0.29) is 12.0 Å². The van der Waals surface area contributed by atoms with Gasteiger partial charge in [-0.2, -0.15) is 0 Å². The zero-order valence-electron chi connectivity index (χ0n) is 19.4. The number of rotatable bonds is 5. The van der Waals surface area contributed by atoms with E-state index in [1.54, 1.807) is 29.3 Å². The van der Waals surface area contributed by atoms with Gasteiger partial charge in [0.2, 0.25) is 0 Å². The lowest BCUT2D eigenvalue weighted by Crippen LogP contribution is -2.47. The van der Waals surface area contributed by atoms with E-state index in [4.69, 9.17) is 4.74 Å². The monoisotopic (exact) mass is 447 g/mol. The van der Waals surface area contributed by atoms with Crippen LogP contribution in [0.2, 0.25) is 0 Å². The van der Waals surface area contributed by atoms with Crippen molar-refractivity contribution in [2.45, 2.75) is 25.5 Å². The number of nitrogens with one attached hydrogen (secondary N) is 1. The number of hydrogen-bond acceptors (Lipinski definition) is 6. The smallest absolute Gasteiger partial charge is 0.411 e. The van der Waals surface area contributed by atoms with Gasteiger partial charge in [-0.25, -0.2) is 4.79 Å². The normalized spacial score (nSPS) is 17.6. The third-order valence-corrected chi connectivity index (χ3v) is 6.07. The number of aliphatic imine (C=N–C) groups is 1. The second-order valence-electron chi connectivity index (χ2n) is 8.98. The summed E-state index contributed by atoms with van der Waals surface area (Å²) in [6, 6.07) is 14.9. The number of ether oxygens (including phenoxy) is 1. The third kappa shape index (κ3) is 4.66. The van der Waals surface area contributed by atoms with Crippen LogP contribution in [0.1, 0.15) is 36.0 Å². The van der Waals surface area contributed by atoms with Gasteiger partial charge >= 0.3 is 6.09 Å². The van der Waals surface area contributed by atoms with E-state index in [1.165, 1.54) is 0 Å². The second kappa shape index (κ2) is 9.15. The quantitative estimate of drug-likeness (QED) is 0.761. The number of likely N-dealkylation sites (N-methyl/N-ethyl adjacent to an activating group) is 1. The number of carbonyl (C=O) groups excluding carboxylic acids is 2. The molecule has 2 aliphatic heterocycles. The molecular weight excluding hydrogens is 418 g/mol. The molecular formula is C25H29N5O3. The van der Waals surface area contributed by atoms with Crippen LogP contribution in [0.4, 0.5) is 4.79 Å². The van der Waals surface area contributed by atoms with Crippen LogP contribution in [-0.4, -0.2) is 71.9 Å². The predicted molar refractivity (Wildman–Crippen MR) is 126 cm³/mol. The molecule has 1 aromatic carbocycles. The summed E-state index contributed by atoms with van der Waals surface area (Å²) in [5.74, 6) is 0.175. The third-order valence-electron chi connectivity index (χ3n) is 6.07. The van der Waals surface area contributed by atoms with Gasteiger partial charge in [0, 0.05) is 18.3 Å². The fraction of sp³-hybridized carbons (Fsp3) is 0.360. The van der Waals surface area contributed by atoms with Crippen molar-refractivity contribution in [3.63, 3.8) is 0 Å². The zero-order chi connectivity index (χ0) is 23.6. The molecule has 8 heteroatoms. The highest BCUT2D eigenvalue weighted by molar-refractivity contribution is 6.14. The SMILES string of the molecule is CN(C)C[C@@H](OC(=O)N1CC2=C(CN=C2NC(=O)c2ccccn2)C1(C)C)c1ccccc1. The Labute approximate surface area is 194 Å². The minimum atomic E-state index is -0.577.